The molecular formula is C20H20N2O4. The van der Waals surface area contributed by atoms with Gasteiger partial charge >= 0.3 is 0 Å². The van der Waals surface area contributed by atoms with Gasteiger partial charge in [0.05, 0.1) is 19.4 Å². The number of fused-ring (bicyclic) bond motifs is 1. The van der Waals surface area contributed by atoms with Crippen molar-refractivity contribution in [3.8, 4) is 5.75 Å². The fourth-order valence-corrected chi connectivity index (χ4v) is 3.08. The zero-order valence-corrected chi connectivity index (χ0v) is 14.5. The Balaban J connectivity index is 1.67. The molecule has 1 N–H and O–H groups in total. The average Bonchev–Trinajstić information content (AvgIpc) is 3.32. The molecule has 1 amide bonds. The normalized spacial score (nSPS) is 13.7. The van der Waals surface area contributed by atoms with Gasteiger partial charge in [0.1, 0.15) is 5.75 Å². The predicted molar refractivity (Wildman–Crippen MR) is 97.3 cm³/mol. The van der Waals surface area contributed by atoms with Crippen LogP contribution < -0.4 is 10.3 Å². The molecule has 0 saturated heterocycles. The second-order valence-electron chi connectivity index (χ2n) is 6.45. The van der Waals surface area contributed by atoms with Crippen molar-refractivity contribution in [3.63, 3.8) is 0 Å². The Morgan fingerprint density at radius 2 is 2.15 bits per heavy atom. The molecule has 0 radical (unpaired) electrons. The molecule has 1 saturated carbocycles. The van der Waals surface area contributed by atoms with E-state index in [4.69, 9.17) is 9.15 Å². The Hall–Kier alpha value is -3.02. The van der Waals surface area contributed by atoms with E-state index < -0.39 is 0 Å². The van der Waals surface area contributed by atoms with Crippen LogP contribution in [0.3, 0.4) is 0 Å². The standard InChI is InChI=1S/C20H20N2O4/c1-2-25-16-7-8-17-13(11-16)10-14(19(23)21-17)12-22(15-5-6-15)20(24)18-4-3-9-26-18/h3-4,7-11,15H,2,5-6,12H2,1H3,(H,21,23). The Kier molecular flexibility index (Phi) is 4.24. The fourth-order valence-electron chi connectivity index (χ4n) is 3.08. The van der Waals surface area contributed by atoms with Crippen LogP contribution in [-0.2, 0) is 6.54 Å². The highest BCUT2D eigenvalue weighted by Crippen LogP contribution is 2.30. The SMILES string of the molecule is CCOc1ccc2[nH]c(=O)c(CN(C(=O)c3ccco3)C3CC3)cc2c1. The van der Waals surface area contributed by atoms with E-state index in [1.54, 1.807) is 17.0 Å². The molecule has 6 nitrogen and oxygen atoms in total. The van der Waals surface area contributed by atoms with Crippen LogP contribution in [0.2, 0.25) is 0 Å². The van der Waals surface area contributed by atoms with E-state index >= 15 is 0 Å². The minimum atomic E-state index is -0.181. The maximum Gasteiger partial charge on any atom is 0.290 e. The van der Waals surface area contributed by atoms with Gasteiger partial charge in [0.15, 0.2) is 5.76 Å². The van der Waals surface area contributed by atoms with Crippen LogP contribution in [0, 0.1) is 0 Å². The molecule has 1 aliphatic rings. The van der Waals surface area contributed by atoms with E-state index in [9.17, 15) is 9.59 Å². The zero-order chi connectivity index (χ0) is 18.1. The van der Waals surface area contributed by atoms with Gasteiger partial charge in [0, 0.05) is 22.5 Å². The van der Waals surface area contributed by atoms with E-state index in [0.717, 1.165) is 29.5 Å². The van der Waals surface area contributed by atoms with Crippen LogP contribution in [0.25, 0.3) is 10.9 Å². The highest BCUT2D eigenvalue weighted by atomic mass is 16.5. The van der Waals surface area contributed by atoms with Crippen molar-refractivity contribution < 1.29 is 13.9 Å². The molecule has 0 spiro atoms. The molecule has 3 aromatic rings. The van der Waals surface area contributed by atoms with Crippen LogP contribution in [0.4, 0.5) is 0 Å². The number of nitrogens with zero attached hydrogens (tertiary/aromatic N) is 1. The Morgan fingerprint density at radius 3 is 2.85 bits per heavy atom. The van der Waals surface area contributed by atoms with Crippen molar-refractivity contribution in [3.05, 3.63) is 64.3 Å². The number of furan rings is 1. The highest BCUT2D eigenvalue weighted by molar-refractivity contribution is 5.92. The largest absolute Gasteiger partial charge is 0.494 e. The van der Waals surface area contributed by atoms with E-state index in [1.807, 2.05) is 31.2 Å². The summed E-state index contributed by atoms with van der Waals surface area (Å²) in [5.41, 5.74) is 1.12. The number of ether oxygens (including phenoxy) is 1. The second kappa shape index (κ2) is 6.71. The maximum atomic E-state index is 12.7. The number of carbonyl (C=O) groups is 1. The molecule has 1 aliphatic carbocycles. The third-order valence-corrected chi connectivity index (χ3v) is 4.52. The van der Waals surface area contributed by atoms with Gasteiger partial charge in [0.25, 0.3) is 11.5 Å². The fraction of sp³-hybridized carbons (Fsp3) is 0.300. The molecule has 1 fully saturated rings. The van der Waals surface area contributed by atoms with Gasteiger partial charge in [0.2, 0.25) is 0 Å². The number of pyridine rings is 1. The van der Waals surface area contributed by atoms with E-state index in [2.05, 4.69) is 4.98 Å². The summed E-state index contributed by atoms with van der Waals surface area (Å²) in [6.45, 7) is 2.76. The number of rotatable bonds is 6. The topological polar surface area (TPSA) is 75.5 Å². The van der Waals surface area contributed by atoms with Gasteiger partial charge in [-0.25, -0.2) is 0 Å². The summed E-state index contributed by atoms with van der Waals surface area (Å²) in [7, 11) is 0. The van der Waals surface area contributed by atoms with Gasteiger partial charge in [-0.15, -0.1) is 0 Å². The first kappa shape index (κ1) is 16.4. The molecule has 134 valence electrons. The summed E-state index contributed by atoms with van der Waals surface area (Å²) in [6, 6.07) is 10.9. The van der Waals surface area contributed by atoms with Crippen LogP contribution in [0.5, 0.6) is 5.75 Å². The minimum Gasteiger partial charge on any atom is -0.494 e. The molecular weight excluding hydrogens is 332 g/mol. The van der Waals surface area contributed by atoms with Crippen molar-refractivity contribution >= 4 is 16.8 Å². The molecule has 0 aliphatic heterocycles. The van der Waals surface area contributed by atoms with Crippen molar-refractivity contribution in [2.24, 2.45) is 0 Å². The lowest BCUT2D eigenvalue weighted by Crippen LogP contribution is -2.34. The number of benzene rings is 1. The number of amides is 1. The first-order chi connectivity index (χ1) is 12.7. The highest BCUT2D eigenvalue weighted by Gasteiger charge is 2.34. The predicted octanol–water partition coefficient (Wildman–Crippen LogP) is 3.32. The molecule has 2 aromatic heterocycles. The zero-order valence-electron chi connectivity index (χ0n) is 14.5. The van der Waals surface area contributed by atoms with E-state index in [-0.39, 0.29) is 24.1 Å². The minimum absolute atomic E-state index is 0.164. The molecule has 6 heteroatoms. The molecule has 0 bridgehead atoms. The lowest BCUT2D eigenvalue weighted by Gasteiger charge is -2.21. The maximum absolute atomic E-state index is 12.7. The van der Waals surface area contributed by atoms with Crippen LogP contribution >= 0.6 is 0 Å². The Morgan fingerprint density at radius 1 is 1.31 bits per heavy atom. The van der Waals surface area contributed by atoms with Gasteiger partial charge in [-0.2, -0.15) is 0 Å². The molecule has 0 unspecified atom stereocenters. The number of aromatic nitrogens is 1. The van der Waals surface area contributed by atoms with Gasteiger partial charge in [-0.3, -0.25) is 9.59 Å². The third kappa shape index (κ3) is 3.22. The first-order valence-corrected chi connectivity index (χ1v) is 8.79. The summed E-state index contributed by atoms with van der Waals surface area (Å²) in [4.78, 5) is 29.8. The summed E-state index contributed by atoms with van der Waals surface area (Å²) < 4.78 is 10.8. The number of nitrogens with one attached hydrogen (secondary N) is 1. The van der Waals surface area contributed by atoms with E-state index in [1.165, 1.54) is 6.26 Å². The summed E-state index contributed by atoms with van der Waals surface area (Å²) >= 11 is 0. The molecule has 4 rings (SSSR count). The van der Waals surface area contributed by atoms with Crippen molar-refractivity contribution in [1.29, 1.82) is 0 Å². The first-order valence-electron chi connectivity index (χ1n) is 8.79. The van der Waals surface area contributed by atoms with Crippen LogP contribution in [-0.4, -0.2) is 28.4 Å². The summed E-state index contributed by atoms with van der Waals surface area (Å²) in [5, 5.41) is 0.881. The lowest BCUT2D eigenvalue weighted by atomic mass is 10.1. The molecule has 26 heavy (non-hydrogen) atoms. The summed E-state index contributed by atoms with van der Waals surface area (Å²) in [5.74, 6) is 0.872. The monoisotopic (exact) mass is 352 g/mol. The Bertz CT molecular complexity index is 987. The van der Waals surface area contributed by atoms with Gasteiger partial charge in [-0.1, -0.05) is 0 Å². The second-order valence-corrected chi connectivity index (χ2v) is 6.45. The van der Waals surface area contributed by atoms with Crippen molar-refractivity contribution in [1.82, 2.24) is 9.88 Å². The van der Waals surface area contributed by atoms with Gasteiger partial charge < -0.3 is 19.0 Å². The molecule has 1 aromatic carbocycles. The van der Waals surface area contributed by atoms with E-state index in [0.29, 0.717) is 17.9 Å². The average molecular weight is 352 g/mol. The quantitative estimate of drug-likeness (QED) is 0.738. The number of hydrogen-bond acceptors (Lipinski definition) is 4. The summed E-state index contributed by atoms with van der Waals surface area (Å²) in [6.07, 6.45) is 3.38. The van der Waals surface area contributed by atoms with Crippen LogP contribution in [0.1, 0.15) is 35.9 Å². The third-order valence-electron chi connectivity index (χ3n) is 4.52. The molecule has 2 heterocycles. The lowest BCUT2D eigenvalue weighted by molar-refractivity contribution is 0.0697. The van der Waals surface area contributed by atoms with Crippen molar-refractivity contribution in [2.45, 2.75) is 32.4 Å². The van der Waals surface area contributed by atoms with Crippen molar-refractivity contribution in [2.75, 3.05) is 6.61 Å². The number of aromatic amines is 1. The Labute approximate surface area is 150 Å². The number of carbonyl (C=O) groups excluding carboxylic acids is 1. The van der Waals surface area contributed by atoms with Gasteiger partial charge in [-0.05, 0) is 56.2 Å². The number of hydrogen-bond donors (Lipinski definition) is 1. The smallest absolute Gasteiger partial charge is 0.290 e. The molecule has 0 atom stereocenters. The van der Waals surface area contributed by atoms with Crippen LogP contribution in [0.15, 0.2) is 51.9 Å². The number of H-pyrrole nitrogens is 1.